The van der Waals surface area contributed by atoms with Crippen molar-refractivity contribution in [1.29, 1.82) is 0 Å². The van der Waals surface area contributed by atoms with Gasteiger partial charge in [-0.15, -0.1) is 10.2 Å². The number of hydrogen-bond donors (Lipinski definition) is 1. The maximum atomic E-state index is 8.60. The molecule has 0 aliphatic rings. The van der Waals surface area contributed by atoms with Gasteiger partial charge in [-0.05, 0) is 40.7 Å². The molecule has 4 aromatic rings. The summed E-state index contributed by atoms with van der Waals surface area (Å²) in [6.45, 7) is 0. The van der Waals surface area contributed by atoms with E-state index in [4.69, 9.17) is 18.6 Å². The first-order chi connectivity index (χ1) is 14.2. The molecule has 10 nitrogen and oxygen atoms in total. The second kappa shape index (κ2) is 9.49. The van der Waals surface area contributed by atoms with Gasteiger partial charge in [-0.1, -0.05) is 35.6 Å². The van der Waals surface area contributed by atoms with E-state index in [1.54, 1.807) is 22.7 Å². The van der Waals surface area contributed by atoms with E-state index in [0.717, 1.165) is 21.0 Å². The van der Waals surface area contributed by atoms with Gasteiger partial charge in [0.25, 0.3) is 0 Å². The first-order valence-corrected chi connectivity index (χ1v) is 11.2. The summed E-state index contributed by atoms with van der Waals surface area (Å²) in [7, 11) is -0.738. The van der Waals surface area contributed by atoms with Crippen molar-refractivity contribution in [3.05, 3.63) is 53.3 Å². The van der Waals surface area contributed by atoms with Crippen LogP contribution in [0.2, 0.25) is 0 Å². The number of benzene rings is 2. The lowest BCUT2D eigenvalue weighted by atomic mass is 10.3. The number of halogens is 1. The van der Waals surface area contributed by atoms with Crippen LogP contribution in [0, 0.1) is 10.2 Å². The van der Waals surface area contributed by atoms with Gasteiger partial charge in [0.2, 0.25) is 4.80 Å². The fraction of sp³-hybridized carbons (Fsp3) is 0.118. The van der Waals surface area contributed by atoms with Gasteiger partial charge in [0.15, 0.2) is 6.34 Å². The van der Waals surface area contributed by atoms with Crippen molar-refractivity contribution in [3.63, 3.8) is 0 Å². The van der Waals surface area contributed by atoms with Gasteiger partial charge < -0.3 is 4.57 Å². The normalized spacial score (nSPS) is 12.9. The zero-order valence-corrected chi connectivity index (χ0v) is 18.1. The Labute approximate surface area is 180 Å². The molecule has 0 saturated carbocycles. The van der Waals surface area contributed by atoms with Gasteiger partial charge in [0.05, 0.1) is 42.0 Å². The quantitative estimate of drug-likeness (QED) is 0.146. The Morgan fingerprint density at radius 1 is 1.03 bits per heavy atom. The van der Waals surface area contributed by atoms with Crippen molar-refractivity contribution in [2.75, 3.05) is 0 Å². The summed E-state index contributed by atoms with van der Waals surface area (Å²) in [5.74, 6) is 0. The molecule has 1 N–H and O–H groups in total. The zero-order valence-electron chi connectivity index (χ0n) is 15.7. The van der Waals surface area contributed by atoms with Crippen molar-refractivity contribution in [2.24, 2.45) is 34.5 Å². The zero-order chi connectivity index (χ0) is 21.7. The van der Waals surface area contributed by atoms with Crippen LogP contribution in [-0.2, 0) is 14.1 Å². The van der Waals surface area contributed by atoms with E-state index in [9.17, 15) is 0 Å². The van der Waals surface area contributed by atoms with Crippen LogP contribution in [0.25, 0.3) is 20.4 Å². The topological polar surface area (TPSA) is 148 Å². The van der Waals surface area contributed by atoms with E-state index in [1.165, 1.54) is 15.7 Å². The molecule has 0 amide bonds. The summed E-state index contributed by atoms with van der Waals surface area (Å²) >= 11 is 3.18. The number of rotatable bonds is 3. The maximum absolute atomic E-state index is 8.60. The summed E-state index contributed by atoms with van der Waals surface area (Å²) < 4.78 is 39.1. The minimum Gasteiger partial charge on any atom is -0.318 e. The molecule has 0 spiro atoms. The smallest absolute Gasteiger partial charge is 0.318 e. The Balaban J connectivity index is 0.000000461. The highest BCUT2D eigenvalue weighted by Gasteiger charge is 2.14. The number of aryl methyl sites for hydroxylation is 2. The number of aromatic nitrogens is 2. The number of azo groups is 1. The first kappa shape index (κ1) is 22.1. The second-order valence-corrected chi connectivity index (χ2v) is 8.58. The average Bonchev–Trinajstić information content (AvgIpc) is 3.18. The molecule has 0 unspecified atom stereocenters. The van der Waals surface area contributed by atoms with Gasteiger partial charge in [0.1, 0.15) is 5.52 Å². The van der Waals surface area contributed by atoms with Crippen LogP contribution in [0.4, 0.5) is 5.13 Å². The molecule has 0 bridgehead atoms. The molecule has 2 aromatic heterocycles. The number of fused-ring (bicyclic) bond motifs is 2. The predicted octanol–water partition coefficient (Wildman–Crippen LogP) is -0.217. The Hall–Kier alpha value is -2.58. The summed E-state index contributed by atoms with van der Waals surface area (Å²) in [5, 5.41) is 17.3. The van der Waals surface area contributed by atoms with Crippen LogP contribution < -0.4 is 23.3 Å². The van der Waals surface area contributed by atoms with E-state index in [-0.39, 0.29) is 0 Å². The highest BCUT2D eigenvalue weighted by Crippen LogP contribution is 2.25. The third kappa shape index (κ3) is 5.73. The van der Waals surface area contributed by atoms with Crippen LogP contribution in [0.1, 0.15) is 0 Å². The van der Waals surface area contributed by atoms with E-state index >= 15 is 0 Å². The Morgan fingerprint density at radius 2 is 1.67 bits per heavy atom. The lowest BCUT2D eigenvalue weighted by molar-refractivity contribution is -1.92. The van der Waals surface area contributed by atoms with Crippen LogP contribution in [0.15, 0.2) is 69.0 Å². The third-order valence-electron chi connectivity index (χ3n) is 3.82. The van der Waals surface area contributed by atoms with Gasteiger partial charge in [-0.3, -0.25) is 0 Å². The first-order valence-electron chi connectivity index (χ1n) is 8.26. The molecule has 2 heterocycles. The Bertz CT molecular complexity index is 1280. The lowest BCUT2D eigenvalue weighted by Gasteiger charge is -2.03. The number of thiazole rings is 2. The van der Waals surface area contributed by atoms with Gasteiger partial charge in [-0.25, -0.2) is 4.57 Å². The molecule has 2 aromatic carbocycles. The van der Waals surface area contributed by atoms with Crippen molar-refractivity contribution >= 4 is 54.6 Å². The molecule has 0 aliphatic heterocycles. The molecule has 13 heteroatoms. The van der Waals surface area contributed by atoms with Gasteiger partial charge in [0, 0.05) is 7.05 Å². The molecular weight excluding hydrogens is 452 g/mol. The molecule has 0 atom stereocenters. The molecule has 4 rings (SSSR count). The van der Waals surface area contributed by atoms with E-state index < -0.39 is 10.2 Å². The van der Waals surface area contributed by atoms with Crippen LogP contribution in [-0.4, -0.2) is 15.6 Å². The minimum atomic E-state index is -4.69. The van der Waals surface area contributed by atoms with Crippen LogP contribution in [0.5, 0.6) is 0 Å². The monoisotopic (exact) mass is 467 g/mol. The number of hydrogen-bond acceptors (Lipinski definition) is 9. The summed E-state index contributed by atoms with van der Waals surface area (Å²) in [5.41, 5.74) is 2.28. The fourth-order valence-electron chi connectivity index (χ4n) is 2.53. The standard InChI is InChI=1S/C17H15N6S2.ClHO4/c1-22-12-7-3-5-9-14(12)24-16(22)20-18-11-19-21-17-23(2)13-8-4-6-10-15(13)25-17;2-1(3,4)5/h3-11H,1-2H3;(H,2,3,4,5)/q+1;. The highest BCUT2D eigenvalue weighted by atomic mass is 35.7. The summed E-state index contributed by atoms with van der Waals surface area (Å²) in [6.07, 6.45) is 1.37. The Kier molecular flexibility index (Phi) is 6.99. The third-order valence-corrected chi connectivity index (χ3v) is 6.03. The largest absolute Gasteiger partial charge is 0.409 e. The summed E-state index contributed by atoms with van der Waals surface area (Å²) in [6, 6.07) is 16.3. The van der Waals surface area contributed by atoms with Crippen molar-refractivity contribution < 1.29 is 33.4 Å². The highest BCUT2D eigenvalue weighted by molar-refractivity contribution is 7.21. The average molecular weight is 468 g/mol. The molecule has 0 aliphatic carbocycles. The molecule has 0 fully saturated rings. The summed E-state index contributed by atoms with van der Waals surface area (Å²) in [4.78, 5) is 0.820. The van der Waals surface area contributed by atoms with E-state index in [0.29, 0.717) is 0 Å². The molecule has 0 radical (unpaired) electrons. The van der Waals surface area contributed by atoms with Crippen LogP contribution >= 0.6 is 22.7 Å². The fourth-order valence-corrected chi connectivity index (χ4v) is 4.48. The van der Waals surface area contributed by atoms with Crippen molar-refractivity contribution in [1.82, 2.24) is 4.57 Å². The molecule has 156 valence electrons. The lowest BCUT2D eigenvalue weighted by Crippen LogP contribution is -2.58. The van der Waals surface area contributed by atoms with Crippen molar-refractivity contribution in [2.45, 2.75) is 0 Å². The number of nitrogens with zero attached hydrogens (tertiary/aromatic N) is 6. The van der Waals surface area contributed by atoms with Crippen molar-refractivity contribution in [3.8, 4) is 0 Å². The maximum Gasteiger partial charge on any atom is 0.409 e. The van der Waals surface area contributed by atoms with E-state index in [1.807, 2.05) is 47.5 Å². The van der Waals surface area contributed by atoms with Crippen LogP contribution in [0.3, 0.4) is 0 Å². The molecule has 0 saturated heterocycles. The Morgan fingerprint density at radius 3 is 2.33 bits per heavy atom. The molecular formula is C17H16ClN6O4S2+. The minimum absolute atomic E-state index is 0.820. The second-order valence-electron chi connectivity index (χ2n) is 5.77. The van der Waals surface area contributed by atoms with E-state index in [2.05, 4.69) is 44.7 Å². The predicted molar refractivity (Wildman–Crippen MR) is 105 cm³/mol. The van der Waals surface area contributed by atoms with Gasteiger partial charge >= 0.3 is 5.13 Å². The molecule has 30 heavy (non-hydrogen) atoms. The SMILES string of the molecule is Cn1/c(=N/N=C/N=Nc2sc3ccccc3[n+]2C)sc2ccccc21.[O-][Cl+3]([O-])([O-])O. The number of para-hydroxylation sites is 2. The van der Waals surface area contributed by atoms with Gasteiger partial charge in [-0.2, -0.15) is 14.0 Å².